The van der Waals surface area contributed by atoms with Crippen LogP contribution in [0.25, 0.3) is 0 Å². The molecule has 0 aromatic heterocycles. The summed E-state index contributed by atoms with van der Waals surface area (Å²) in [4.78, 5) is 34.6. The van der Waals surface area contributed by atoms with Crippen molar-refractivity contribution in [2.45, 2.75) is 73.2 Å². The van der Waals surface area contributed by atoms with Crippen molar-refractivity contribution in [3.8, 4) is 0 Å². The highest BCUT2D eigenvalue weighted by Crippen LogP contribution is 2.38. The molecule has 0 aliphatic carbocycles. The van der Waals surface area contributed by atoms with Crippen LogP contribution in [0, 0.1) is 0 Å². The van der Waals surface area contributed by atoms with E-state index in [0.29, 0.717) is 0 Å². The van der Waals surface area contributed by atoms with Crippen molar-refractivity contribution < 1.29 is 84.4 Å². The van der Waals surface area contributed by atoms with Crippen LogP contribution < -0.4 is 0 Å². The molecule has 17 nitrogen and oxygen atoms in total. The molecule has 2 saturated heterocycles. The lowest BCUT2D eigenvalue weighted by atomic mass is 9.95. The number of aliphatic hydroxyl groups is 8. The molecule has 0 spiro atoms. The molecule has 0 aromatic carbocycles. The summed E-state index contributed by atoms with van der Waals surface area (Å²) in [6.07, 6.45) is -17.6. The van der Waals surface area contributed by atoms with Crippen LogP contribution in [0.4, 0.5) is 0 Å². The molecule has 0 amide bonds. The van der Waals surface area contributed by atoms with Crippen LogP contribution in [0.3, 0.4) is 0 Å². The summed E-state index contributed by atoms with van der Waals surface area (Å²) < 4.78 is 20.7. The second kappa shape index (κ2) is 11.4. The molecule has 1 unspecified atom stereocenters. The number of ether oxygens (including phenoxy) is 4. The fourth-order valence-corrected chi connectivity index (χ4v) is 3.66. The molecule has 17 heteroatoms. The number of esters is 1. The van der Waals surface area contributed by atoms with E-state index in [1.165, 1.54) is 0 Å². The molecule has 0 bridgehead atoms. The van der Waals surface area contributed by atoms with E-state index in [0.717, 1.165) is 0 Å². The van der Waals surface area contributed by atoms with Crippen molar-refractivity contribution >= 4 is 17.9 Å². The number of aliphatic hydroxyl groups excluding tert-OH is 7. The molecule has 10 atom stereocenters. The van der Waals surface area contributed by atoms with E-state index in [-0.39, 0.29) is 0 Å². The molecule has 2 fully saturated rings. The van der Waals surface area contributed by atoms with E-state index in [1.807, 2.05) is 0 Å². The maximum atomic E-state index is 12.4. The van der Waals surface area contributed by atoms with Crippen molar-refractivity contribution in [3.05, 3.63) is 0 Å². The summed E-state index contributed by atoms with van der Waals surface area (Å²) in [5, 5.41) is 97.1. The molecule has 2 aliphatic rings. The summed E-state index contributed by atoms with van der Waals surface area (Å²) in [5.41, 5.74) is -3.11. The number of rotatable bonds is 11. The standard InChI is InChI=1S/C18H28O17/c19-3-6-10(25)12(27)13(28)15(32-6)35-18(5-21)14(11(26)7(4-20)34-18)33-9(24)2-17(31,16(29)30)1-8(22)23/h6-7,10-15,19-21,25-28,31H,1-5H2,(H,22,23)(H,29,30)/t6-,7-,10-,11-,12+,13-,14+,15-,17?,18+/m1/s1. The average Bonchev–Trinajstić information content (AvgIpc) is 3.04. The quantitative estimate of drug-likeness (QED) is 0.114. The number of hydrogen-bond acceptors (Lipinski definition) is 15. The molecular weight excluding hydrogens is 488 g/mol. The lowest BCUT2D eigenvalue weighted by Gasteiger charge is -2.43. The number of carbonyl (C=O) groups excluding carboxylic acids is 1. The monoisotopic (exact) mass is 516 g/mol. The SMILES string of the molecule is O=C(O)CC(O)(CC(=O)O[C@H]1[C@H](O)[C@@H](CO)O[C@@]1(CO)O[C@H]1O[C@H](CO)[C@@H](O)[C@H](O)[C@H]1O)C(=O)O. The number of carbonyl (C=O) groups is 3. The van der Waals surface area contributed by atoms with Crippen molar-refractivity contribution in [1.29, 1.82) is 0 Å². The molecule has 2 aliphatic heterocycles. The fraction of sp³-hybridized carbons (Fsp3) is 0.833. The van der Waals surface area contributed by atoms with Crippen LogP contribution in [0.15, 0.2) is 0 Å². The number of carboxylic acids is 2. The summed E-state index contributed by atoms with van der Waals surface area (Å²) in [5.74, 6) is -8.04. The van der Waals surface area contributed by atoms with E-state index < -0.39 is 111 Å². The van der Waals surface area contributed by atoms with Gasteiger partial charge < -0.3 is 70.0 Å². The Labute approximate surface area is 196 Å². The predicted octanol–water partition coefficient (Wildman–Crippen LogP) is -6.16. The minimum absolute atomic E-state index is 0.852. The van der Waals surface area contributed by atoms with Gasteiger partial charge in [0, 0.05) is 0 Å². The Bertz CT molecular complexity index is 774. The van der Waals surface area contributed by atoms with Crippen LogP contribution in [-0.4, -0.2) is 149 Å². The summed E-state index contributed by atoms with van der Waals surface area (Å²) >= 11 is 0. The highest BCUT2D eigenvalue weighted by Gasteiger charge is 2.61. The van der Waals surface area contributed by atoms with Gasteiger partial charge in [-0.3, -0.25) is 9.59 Å². The first-order valence-corrected chi connectivity index (χ1v) is 10.2. The van der Waals surface area contributed by atoms with Gasteiger partial charge in [0.1, 0.15) is 43.2 Å². The Hall–Kier alpha value is -2.03. The molecule has 0 aromatic rings. The second-order valence-electron chi connectivity index (χ2n) is 8.11. The third-order valence-corrected chi connectivity index (χ3v) is 5.58. The Balaban J connectivity index is 2.31. The van der Waals surface area contributed by atoms with Crippen LogP contribution in [0.5, 0.6) is 0 Å². The van der Waals surface area contributed by atoms with Gasteiger partial charge in [0.05, 0.1) is 26.1 Å². The highest BCUT2D eigenvalue weighted by atomic mass is 16.8. The molecule has 0 radical (unpaired) electrons. The zero-order valence-corrected chi connectivity index (χ0v) is 18.0. The van der Waals surface area contributed by atoms with E-state index in [1.54, 1.807) is 0 Å². The molecule has 202 valence electrons. The van der Waals surface area contributed by atoms with Crippen LogP contribution in [-0.2, 0) is 33.3 Å². The highest BCUT2D eigenvalue weighted by molar-refractivity contribution is 5.88. The summed E-state index contributed by atoms with van der Waals surface area (Å²) in [6.45, 7) is -3.03. The van der Waals surface area contributed by atoms with Gasteiger partial charge in [-0.25, -0.2) is 4.79 Å². The van der Waals surface area contributed by atoms with Crippen molar-refractivity contribution in [3.63, 3.8) is 0 Å². The largest absolute Gasteiger partial charge is 0.481 e. The normalized spacial score (nSPS) is 39.1. The van der Waals surface area contributed by atoms with Gasteiger partial charge in [-0.15, -0.1) is 0 Å². The Kier molecular flexibility index (Phi) is 9.47. The Morgan fingerprint density at radius 2 is 1.46 bits per heavy atom. The van der Waals surface area contributed by atoms with Crippen LogP contribution in [0.2, 0.25) is 0 Å². The zero-order valence-electron chi connectivity index (χ0n) is 18.0. The summed E-state index contributed by atoms with van der Waals surface area (Å²) in [7, 11) is 0. The van der Waals surface area contributed by atoms with Crippen molar-refractivity contribution in [2.75, 3.05) is 19.8 Å². The number of hydrogen-bond donors (Lipinski definition) is 10. The van der Waals surface area contributed by atoms with Gasteiger partial charge in [0.2, 0.25) is 5.79 Å². The smallest absolute Gasteiger partial charge is 0.336 e. The van der Waals surface area contributed by atoms with E-state index in [4.69, 9.17) is 29.2 Å². The number of aliphatic carboxylic acids is 2. The van der Waals surface area contributed by atoms with E-state index in [9.17, 15) is 55.2 Å². The molecular formula is C18H28O17. The Morgan fingerprint density at radius 1 is 0.857 bits per heavy atom. The first-order valence-electron chi connectivity index (χ1n) is 10.2. The molecule has 35 heavy (non-hydrogen) atoms. The average molecular weight is 516 g/mol. The molecule has 2 heterocycles. The van der Waals surface area contributed by atoms with Crippen LogP contribution in [0.1, 0.15) is 12.8 Å². The van der Waals surface area contributed by atoms with Gasteiger partial charge in [0.25, 0.3) is 0 Å². The molecule has 0 saturated carbocycles. The van der Waals surface area contributed by atoms with Gasteiger partial charge >= 0.3 is 17.9 Å². The lowest BCUT2D eigenvalue weighted by Crippen LogP contribution is -2.63. The predicted molar refractivity (Wildman–Crippen MR) is 102 cm³/mol. The third-order valence-electron chi connectivity index (χ3n) is 5.58. The topological polar surface area (TPSA) is 290 Å². The number of carboxylic acid groups (broad SMARTS) is 2. The van der Waals surface area contributed by atoms with Gasteiger partial charge in [0.15, 0.2) is 18.0 Å². The molecule has 10 N–H and O–H groups in total. The first-order chi connectivity index (χ1) is 16.2. The van der Waals surface area contributed by atoms with Gasteiger partial charge in [-0.2, -0.15) is 0 Å². The maximum absolute atomic E-state index is 12.4. The lowest BCUT2D eigenvalue weighted by molar-refractivity contribution is -0.383. The molecule has 2 rings (SSSR count). The van der Waals surface area contributed by atoms with Crippen molar-refractivity contribution in [1.82, 2.24) is 0 Å². The maximum Gasteiger partial charge on any atom is 0.336 e. The Morgan fingerprint density at radius 3 is 1.94 bits per heavy atom. The summed E-state index contributed by atoms with van der Waals surface area (Å²) in [6, 6.07) is 0. The minimum Gasteiger partial charge on any atom is -0.481 e. The fourth-order valence-electron chi connectivity index (χ4n) is 3.66. The zero-order chi connectivity index (χ0) is 26.7. The van der Waals surface area contributed by atoms with Crippen LogP contribution >= 0.6 is 0 Å². The first kappa shape index (κ1) is 29.2. The van der Waals surface area contributed by atoms with Crippen molar-refractivity contribution in [2.24, 2.45) is 0 Å². The van der Waals surface area contributed by atoms with Gasteiger partial charge in [-0.1, -0.05) is 0 Å². The third kappa shape index (κ3) is 6.04. The van der Waals surface area contributed by atoms with Gasteiger partial charge in [-0.05, 0) is 0 Å². The van der Waals surface area contributed by atoms with E-state index >= 15 is 0 Å². The minimum atomic E-state index is -3.11. The second-order valence-corrected chi connectivity index (χ2v) is 8.11. The van der Waals surface area contributed by atoms with E-state index in [2.05, 4.69) is 0 Å².